The van der Waals surface area contributed by atoms with E-state index in [0.717, 1.165) is 16.2 Å². The molecule has 4 rings (SSSR count). The highest BCUT2D eigenvalue weighted by atomic mass is 35.5. The summed E-state index contributed by atoms with van der Waals surface area (Å²) in [7, 11) is 0. The zero-order chi connectivity index (χ0) is 24.6. The normalized spacial score (nSPS) is 17.3. The fourth-order valence-corrected chi connectivity index (χ4v) is 4.74. The summed E-state index contributed by atoms with van der Waals surface area (Å²) in [5.74, 6) is -3.39. The predicted molar refractivity (Wildman–Crippen MR) is 125 cm³/mol. The van der Waals surface area contributed by atoms with Crippen molar-refractivity contribution in [1.29, 1.82) is 0 Å². The smallest absolute Gasteiger partial charge is 0.350 e. The summed E-state index contributed by atoms with van der Waals surface area (Å²) < 4.78 is 18.7. The van der Waals surface area contributed by atoms with E-state index in [1.54, 1.807) is 13.8 Å². The topological polar surface area (TPSA) is 96.8 Å². The second kappa shape index (κ2) is 9.36. The maximum atomic E-state index is 13.6. The van der Waals surface area contributed by atoms with Gasteiger partial charge in [0.05, 0.1) is 23.9 Å². The third-order valence-corrected chi connectivity index (χ3v) is 6.59. The molecule has 10 heteroatoms. The Hall–Kier alpha value is -3.56. The van der Waals surface area contributed by atoms with E-state index < -0.39 is 35.3 Å². The molecule has 0 spiro atoms. The van der Waals surface area contributed by atoms with Crippen LogP contribution >= 0.6 is 22.9 Å². The van der Waals surface area contributed by atoms with Crippen LogP contribution in [0.4, 0.5) is 9.52 Å². The lowest BCUT2D eigenvalue weighted by molar-refractivity contribution is -0.132. The molecule has 1 fully saturated rings. The number of ether oxygens (including phenoxy) is 1. The summed E-state index contributed by atoms with van der Waals surface area (Å²) in [6, 6.07) is 10.2. The number of esters is 1. The number of hydrogen-bond donors (Lipinski definition) is 1. The van der Waals surface area contributed by atoms with Crippen LogP contribution in [-0.4, -0.2) is 34.4 Å². The van der Waals surface area contributed by atoms with Gasteiger partial charge in [-0.2, -0.15) is 0 Å². The lowest BCUT2D eigenvalue weighted by Gasteiger charge is -2.23. The Kier molecular flexibility index (Phi) is 6.49. The van der Waals surface area contributed by atoms with Crippen molar-refractivity contribution >= 4 is 51.5 Å². The fraction of sp³-hybridized carbons (Fsp3) is 0.167. The first-order valence-electron chi connectivity index (χ1n) is 10.2. The molecular weight excluding hydrogens is 483 g/mol. The zero-order valence-corrected chi connectivity index (χ0v) is 19.6. The molecule has 0 unspecified atom stereocenters. The van der Waals surface area contributed by atoms with Crippen molar-refractivity contribution in [2.24, 2.45) is 0 Å². The Bertz CT molecular complexity index is 1320. The highest BCUT2D eigenvalue weighted by molar-refractivity contribution is 7.17. The summed E-state index contributed by atoms with van der Waals surface area (Å²) in [6.07, 6.45) is 0. The Morgan fingerprint density at radius 2 is 1.82 bits per heavy atom. The SMILES string of the molecule is CCOC(=O)c1sc(N2C(=O)C(=O)/C(=C(/O)c3ccc(Cl)cc3)[C@H]2c2ccc(F)cc2)nc1C. The number of rotatable bonds is 5. The number of aliphatic hydroxyl groups excluding tert-OH is 1. The minimum absolute atomic E-state index is 0.0761. The average Bonchev–Trinajstić information content (AvgIpc) is 3.31. The number of halogens is 2. The molecule has 1 saturated heterocycles. The number of thiazole rings is 1. The number of anilines is 1. The van der Waals surface area contributed by atoms with Crippen molar-refractivity contribution in [3.63, 3.8) is 0 Å². The second-order valence-corrected chi connectivity index (χ2v) is 8.77. The van der Waals surface area contributed by atoms with Crippen LogP contribution in [0.5, 0.6) is 0 Å². The zero-order valence-electron chi connectivity index (χ0n) is 18.0. The molecule has 0 aliphatic carbocycles. The first kappa shape index (κ1) is 23.6. The maximum Gasteiger partial charge on any atom is 0.350 e. The first-order chi connectivity index (χ1) is 16.2. The number of amides is 1. The summed E-state index contributed by atoms with van der Waals surface area (Å²) in [5, 5.41) is 11.5. The molecule has 1 atom stereocenters. The molecule has 174 valence electrons. The van der Waals surface area contributed by atoms with Crippen LogP contribution < -0.4 is 4.90 Å². The molecule has 1 amide bonds. The molecule has 1 N–H and O–H groups in total. The third kappa shape index (κ3) is 4.20. The Morgan fingerprint density at radius 3 is 2.44 bits per heavy atom. The van der Waals surface area contributed by atoms with Crippen molar-refractivity contribution in [2.75, 3.05) is 11.5 Å². The number of aromatic nitrogens is 1. The highest BCUT2D eigenvalue weighted by Gasteiger charge is 2.48. The van der Waals surface area contributed by atoms with Crippen molar-refractivity contribution in [3.05, 3.63) is 86.6 Å². The van der Waals surface area contributed by atoms with E-state index in [-0.39, 0.29) is 27.8 Å². The van der Waals surface area contributed by atoms with Crippen molar-refractivity contribution in [3.8, 4) is 0 Å². The molecule has 3 aromatic rings. The third-order valence-electron chi connectivity index (χ3n) is 5.20. The minimum atomic E-state index is -1.10. The van der Waals surface area contributed by atoms with Gasteiger partial charge < -0.3 is 9.84 Å². The van der Waals surface area contributed by atoms with Gasteiger partial charge in [-0.1, -0.05) is 35.1 Å². The number of aliphatic hydroxyl groups is 1. The van der Waals surface area contributed by atoms with Gasteiger partial charge >= 0.3 is 11.9 Å². The van der Waals surface area contributed by atoms with Gasteiger partial charge in [0.2, 0.25) is 0 Å². The first-order valence-corrected chi connectivity index (χ1v) is 11.4. The predicted octanol–water partition coefficient (Wildman–Crippen LogP) is 5.05. The number of Topliss-reactive ketones (excluding diaryl/α,β-unsaturated/α-hetero) is 1. The lowest BCUT2D eigenvalue weighted by atomic mass is 9.95. The van der Waals surface area contributed by atoms with Gasteiger partial charge in [-0.3, -0.25) is 14.5 Å². The van der Waals surface area contributed by atoms with Crippen LogP contribution in [0.25, 0.3) is 5.76 Å². The molecule has 1 aliphatic rings. The van der Waals surface area contributed by atoms with E-state index in [1.807, 2.05) is 0 Å². The second-order valence-electron chi connectivity index (χ2n) is 7.36. The van der Waals surface area contributed by atoms with Crippen molar-refractivity contribution in [2.45, 2.75) is 19.9 Å². The molecule has 34 heavy (non-hydrogen) atoms. The van der Waals surface area contributed by atoms with Gasteiger partial charge in [-0.15, -0.1) is 0 Å². The highest BCUT2D eigenvalue weighted by Crippen LogP contribution is 2.44. The lowest BCUT2D eigenvalue weighted by Crippen LogP contribution is -2.29. The van der Waals surface area contributed by atoms with Crippen molar-refractivity contribution in [1.82, 2.24) is 4.98 Å². The number of ketones is 1. The minimum Gasteiger partial charge on any atom is -0.507 e. The van der Waals surface area contributed by atoms with E-state index >= 15 is 0 Å². The standard InChI is InChI=1S/C24H18ClFN2O5S/c1-3-33-23(32)21-12(2)27-24(34-21)28-18(13-6-10-16(26)11-7-13)17(20(30)22(28)31)19(29)14-4-8-15(25)9-5-14/h4-11,18,29H,3H2,1-2H3/b19-17+/t18-/m1/s1. The summed E-state index contributed by atoms with van der Waals surface area (Å²) in [6.45, 7) is 3.41. The largest absolute Gasteiger partial charge is 0.507 e. The van der Waals surface area contributed by atoms with E-state index in [9.17, 15) is 23.9 Å². The van der Waals surface area contributed by atoms with E-state index in [0.29, 0.717) is 16.3 Å². The van der Waals surface area contributed by atoms with Crippen molar-refractivity contribution < 1.29 is 28.6 Å². The molecule has 1 aromatic heterocycles. The molecular formula is C24H18ClFN2O5S. The van der Waals surface area contributed by atoms with Gasteiger partial charge in [0, 0.05) is 10.6 Å². The number of hydrogen-bond acceptors (Lipinski definition) is 7. The number of carbonyl (C=O) groups excluding carboxylic acids is 3. The summed E-state index contributed by atoms with van der Waals surface area (Å²) >= 11 is 6.82. The fourth-order valence-electron chi connectivity index (χ4n) is 3.62. The van der Waals surface area contributed by atoms with Crippen LogP contribution in [0.1, 0.15) is 39.5 Å². The average molecular weight is 501 g/mol. The van der Waals surface area contributed by atoms with Gasteiger partial charge in [0.1, 0.15) is 16.5 Å². The number of carbonyl (C=O) groups is 3. The molecule has 0 bridgehead atoms. The van der Waals surface area contributed by atoms with Gasteiger partial charge in [0.15, 0.2) is 5.13 Å². The number of nitrogens with zero attached hydrogens (tertiary/aromatic N) is 2. The van der Waals surface area contributed by atoms with E-state index in [4.69, 9.17) is 16.3 Å². The van der Waals surface area contributed by atoms with Crippen LogP contribution in [-0.2, 0) is 14.3 Å². The van der Waals surface area contributed by atoms with Gasteiger partial charge in [-0.25, -0.2) is 14.2 Å². The molecule has 1 aliphatic heterocycles. The van der Waals surface area contributed by atoms with Gasteiger partial charge in [-0.05, 0) is 55.8 Å². The number of aryl methyl sites for hydroxylation is 1. The Morgan fingerprint density at radius 1 is 1.18 bits per heavy atom. The quantitative estimate of drug-likeness (QED) is 0.228. The Balaban J connectivity index is 1.90. The Labute approximate surface area is 203 Å². The van der Waals surface area contributed by atoms with Crippen LogP contribution in [0.2, 0.25) is 5.02 Å². The summed E-state index contributed by atoms with van der Waals surface area (Å²) in [4.78, 5) is 44.2. The molecule has 2 heterocycles. The van der Waals surface area contributed by atoms with Gasteiger partial charge in [0.25, 0.3) is 5.78 Å². The van der Waals surface area contributed by atoms with E-state index in [1.165, 1.54) is 48.5 Å². The molecule has 0 radical (unpaired) electrons. The van der Waals surface area contributed by atoms with E-state index in [2.05, 4.69) is 4.98 Å². The maximum absolute atomic E-state index is 13.6. The molecule has 0 saturated carbocycles. The molecule has 7 nitrogen and oxygen atoms in total. The number of benzene rings is 2. The monoisotopic (exact) mass is 500 g/mol. The van der Waals surface area contributed by atoms with Crippen LogP contribution in [0, 0.1) is 12.7 Å². The molecule has 2 aromatic carbocycles. The van der Waals surface area contributed by atoms with Crippen LogP contribution in [0.15, 0.2) is 54.1 Å². The van der Waals surface area contributed by atoms with Crippen LogP contribution in [0.3, 0.4) is 0 Å². The summed E-state index contributed by atoms with van der Waals surface area (Å²) in [5.41, 5.74) is 0.791.